The van der Waals surface area contributed by atoms with E-state index in [0.29, 0.717) is 40.3 Å². The van der Waals surface area contributed by atoms with Crippen LogP contribution >= 0.6 is 0 Å². The first-order valence-corrected chi connectivity index (χ1v) is 17.3. The third kappa shape index (κ3) is 10.2. The maximum Gasteiger partial charge on any atom is 0.259 e. The van der Waals surface area contributed by atoms with Gasteiger partial charge in [0.25, 0.3) is 11.8 Å². The van der Waals surface area contributed by atoms with Crippen molar-refractivity contribution < 1.29 is 24.0 Å². The van der Waals surface area contributed by atoms with E-state index in [1.165, 1.54) is 9.96 Å². The molecule has 282 valence electrons. The summed E-state index contributed by atoms with van der Waals surface area (Å²) < 4.78 is 7.10. The van der Waals surface area contributed by atoms with Crippen LogP contribution in [0.4, 0.5) is 11.5 Å². The van der Waals surface area contributed by atoms with E-state index < -0.39 is 5.54 Å². The van der Waals surface area contributed by atoms with Gasteiger partial charge in [-0.2, -0.15) is 5.06 Å². The molecule has 0 saturated heterocycles. The molecule has 0 radical (unpaired) electrons. The number of hydroxylamine groups is 2. The summed E-state index contributed by atoms with van der Waals surface area (Å²) in [7, 11) is 5.16. The first-order valence-electron chi connectivity index (χ1n) is 17.3. The number of nitrogens with one attached hydrogen (secondary N) is 4. The molecule has 0 unspecified atom stereocenters. The Kier molecular flexibility index (Phi) is 12.6. The molecule has 0 saturated carbocycles. The summed E-state index contributed by atoms with van der Waals surface area (Å²) in [6.07, 6.45) is 1.61. The third-order valence-corrected chi connectivity index (χ3v) is 8.54. The molecular formula is C39H46N10O5. The van der Waals surface area contributed by atoms with Crippen LogP contribution in [0.5, 0.6) is 5.75 Å². The SMILES string of the molecule is COc1ccc(C(=O)NCN(C)OCC(C)(C)NC(=O)CCN(C(=O)c2ccc3c(c2)nc(CNc2ccc(C(=N)N)cc2)n3C)c2ccccn2)cc1. The number of aryl methyl sites for hydroxylation is 1. The van der Waals surface area contributed by atoms with E-state index in [1.54, 1.807) is 87.1 Å². The number of nitrogens with zero attached hydrogens (tertiary/aromatic N) is 5. The first kappa shape index (κ1) is 38.9. The van der Waals surface area contributed by atoms with Crippen molar-refractivity contribution in [1.29, 1.82) is 5.41 Å². The highest BCUT2D eigenvalue weighted by atomic mass is 16.7. The van der Waals surface area contributed by atoms with Gasteiger partial charge in [-0.05, 0) is 92.7 Å². The minimum atomic E-state index is -0.764. The molecule has 2 heterocycles. The van der Waals surface area contributed by atoms with Gasteiger partial charge in [0.1, 0.15) is 23.2 Å². The molecule has 0 aliphatic rings. The minimum absolute atomic E-state index is 0.00764. The molecule has 15 heteroatoms. The van der Waals surface area contributed by atoms with Crippen molar-refractivity contribution in [2.24, 2.45) is 12.8 Å². The van der Waals surface area contributed by atoms with Crippen molar-refractivity contribution in [3.05, 3.63) is 114 Å². The summed E-state index contributed by atoms with van der Waals surface area (Å²) in [5, 5.41) is 18.2. The molecule has 0 aliphatic carbocycles. The molecule has 0 aliphatic heterocycles. The first-order chi connectivity index (χ1) is 25.8. The number of rotatable bonds is 17. The van der Waals surface area contributed by atoms with Gasteiger partial charge < -0.3 is 31.0 Å². The van der Waals surface area contributed by atoms with E-state index in [4.69, 9.17) is 25.7 Å². The van der Waals surface area contributed by atoms with Crippen LogP contribution in [0, 0.1) is 5.41 Å². The van der Waals surface area contributed by atoms with Crippen LogP contribution in [-0.4, -0.2) is 82.7 Å². The predicted octanol–water partition coefficient (Wildman–Crippen LogP) is 4.06. The van der Waals surface area contributed by atoms with Crippen molar-refractivity contribution in [2.45, 2.75) is 32.4 Å². The monoisotopic (exact) mass is 734 g/mol. The summed E-state index contributed by atoms with van der Waals surface area (Å²) in [5.41, 5.74) is 8.69. The number of anilines is 2. The van der Waals surface area contributed by atoms with Crippen molar-refractivity contribution in [2.75, 3.05) is 44.2 Å². The standard InChI is InChI=1S/C39H46N10O5/c1-39(2,24-54-47(3)25-44-37(51)27-11-16-30(53-5)17-12-27)46-35(50)19-21-49(33-8-6-7-20-42-33)38(52)28-13-18-32-31(22-28)45-34(48(32)4)23-43-29-14-9-26(10-15-29)36(40)41/h6-18,20,22,43H,19,21,23-25H2,1-5H3,(H3,40,41)(H,44,51)(H,46,50). The van der Waals surface area contributed by atoms with Crippen LogP contribution in [0.25, 0.3) is 11.0 Å². The van der Waals surface area contributed by atoms with E-state index in [9.17, 15) is 14.4 Å². The number of amides is 3. The topological polar surface area (TPSA) is 193 Å². The third-order valence-electron chi connectivity index (χ3n) is 8.54. The van der Waals surface area contributed by atoms with Crippen molar-refractivity contribution in [3.63, 3.8) is 0 Å². The fraction of sp³-hybridized carbons (Fsp3) is 0.282. The van der Waals surface area contributed by atoms with Gasteiger partial charge in [-0.1, -0.05) is 6.07 Å². The van der Waals surface area contributed by atoms with Gasteiger partial charge in [-0.15, -0.1) is 0 Å². The molecule has 0 spiro atoms. The van der Waals surface area contributed by atoms with Crippen LogP contribution in [-0.2, 0) is 23.2 Å². The van der Waals surface area contributed by atoms with Gasteiger partial charge in [0.05, 0.1) is 43.5 Å². The second-order valence-corrected chi connectivity index (χ2v) is 13.3. The predicted molar refractivity (Wildman–Crippen MR) is 207 cm³/mol. The Morgan fingerprint density at radius 1 is 0.963 bits per heavy atom. The molecule has 0 fully saturated rings. The number of nitrogen functional groups attached to an aromatic ring is 1. The van der Waals surface area contributed by atoms with Gasteiger partial charge in [0.2, 0.25) is 5.91 Å². The molecule has 3 aromatic carbocycles. The number of amidine groups is 1. The number of aromatic nitrogens is 3. The lowest BCUT2D eigenvalue weighted by atomic mass is 10.1. The van der Waals surface area contributed by atoms with E-state index in [0.717, 1.165) is 17.0 Å². The van der Waals surface area contributed by atoms with E-state index in [2.05, 4.69) is 20.9 Å². The van der Waals surface area contributed by atoms with E-state index >= 15 is 0 Å². The summed E-state index contributed by atoms with van der Waals surface area (Å²) in [6.45, 7) is 4.41. The highest BCUT2D eigenvalue weighted by Crippen LogP contribution is 2.22. The van der Waals surface area contributed by atoms with Crippen LogP contribution < -0.4 is 31.3 Å². The van der Waals surface area contributed by atoms with Crippen LogP contribution in [0.15, 0.2) is 91.1 Å². The van der Waals surface area contributed by atoms with Gasteiger partial charge in [0, 0.05) is 55.6 Å². The number of carbonyl (C=O) groups is 3. The normalized spacial score (nSPS) is 11.3. The molecule has 6 N–H and O–H groups in total. The average molecular weight is 735 g/mol. The van der Waals surface area contributed by atoms with Crippen LogP contribution in [0.3, 0.4) is 0 Å². The molecule has 5 rings (SSSR count). The zero-order valence-corrected chi connectivity index (χ0v) is 31.1. The lowest BCUT2D eigenvalue weighted by molar-refractivity contribution is -0.159. The Morgan fingerprint density at radius 3 is 2.33 bits per heavy atom. The van der Waals surface area contributed by atoms with Gasteiger partial charge in [-0.3, -0.25) is 29.5 Å². The number of hydrogen-bond donors (Lipinski definition) is 5. The Hall–Kier alpha value is -6.32. The molecular weight excluding hydrogens is 688 g/mol. The van der Waals surface area contributed by atoms with E-state index in [1.807, 2.05) is 43.7 Å². The summed E-state index contributed by atoms with van der Waals surface area (Å²) >= 11 is 0. The molecule has 54 heavy (non-hydrogen) atoms. The highest BCUT2D eigenvalue weighted by molar-refractivity contribution is 6.07. The molecule has 0 atom stereocenters. The lowest BCUT2D eigenvalue weighted by Gasteiger charge is -2.29. The number of fused-ring (bicyclic) bond motifs is 1. The van der Waals surface area contributed by atoms with Gasteiger partial charge >= 0.3 is 0 Å². The number of nitrogens with two attached hydrogens (primary N) is 1. The lowest BCUT2D eigenvalue weighted by Crippen LogP contribution is -2.49. The van der Waals surface area contributed by atoms with Crippen LogP contribution in [0.1, 0.15) is 52.4 Å². The molecule has 2 aromatic heterocycles. The van der Waals surface area contributed by atoms with Crippen LogP contribution in [0.2, 0.25) is 0 Å². The van der Waals surface area contributed by atoms with Crippen molar-refractivity contribution in [3.8, 4) is 5.75 Å². The zero-order chi connectivity index (χ0) is 38.8. The van der Waals surface area contributed by atoms with Gasteiger partial charge in [-0.25, -0.2) is 9.97 Å². The zero-order valence-electron chi connectivity index (χ0n) is 31.1. The molecule has 15 nitrogen and oxygen atoms in total. The Morgan fingerprint density at radius 2 is 1.67 bits per heavy atom. The number of pyridine rings is 1. The number of carbonyl (C=O) groups excluding carboxylic acids is 3. The largest absolute Gasteiger partial charge is 0.497 e. The quantitative estimate of drug-likeness (QED) is 0.0403. The number of imidazole rings is 1. The Balaban J connectivity index is 1.17. The summed E-state index contributed by atoms with van der Waals surface area (Å²) in [5.74, 6) is 0.984. The molecule has 5 aromatic rings. The van der Waals surface area contributed by atoms with Crippen molar-refractivity contribution in [1.82, 2.24) is 30.2 Å². The maximum atomic E-state index is 14.0. The highest BCUT2D eigenvalue weighted by Gasteiger charge is 2.25. The molecule has 3 amide bonds. The minimum Gasteiger partial charge on any atom is -0.497 e. The number of ether oxygens (including phenoxy) is 1. The fourth-order valence-electron chi connectivity index (χ4n) is 5.51. The maximum absolute atomic E-state index is 14.0. The molecule has 0 bridgehead atoms. The summed E-state index contributed by atoms with van der Waals surface area (Å²) in [4.78, 5) is 56.2. The number of benzene rings is 3. The number of hydrogen-bond acceptors (Lipinski definition) is 10. The Bertz CT molecular complexity index is 2080. The Labute approximate surface area is 313 Å². The fourth-order valence-corrected chi connectivity index (χ4v) is 5.51. The van der Waals surface area contributed by atoms with Gasteiger partial charge in [0.15, 0.2) is 0 Å². The van der Waals surface area contributed by atoms with Crippen molar-refractivity contribution >= 4 is 46.1 Å². The number of methoxy groups -OCH3 is 1. The smallest absolute Gasteiger partial charge is 0.259 e. The second kappa shape index (κ2) is 17.5. The average Bonchev–Trinajstić information content (AvgIpc) is 3.49. The summed E-state index contributed by atoms with van der Waals surface area (Å²) in [6, 6.07) is 24.6. The second-order valence-electron chi connectivity index (χ2n) is 13.3. The van der Waals surface area contributed by atoms with E-state index in [-0.39, 0.29) is 49.8 Å².